The smallest absolute Gasteiger partial charge is 0.223 e. The van der Waals surface area contributed by atoms with Gasteiger partial charge in [-0.15, -0.1) is 0 Å². The quantitative estimate of drug-likeness (QED) is 0.620. The highest BCUT2D eigenvalue weighted by Gasteiger charge is 2.29. The summed E-state index contributed by atoms with van der Waals surface area (Å²) in [5, 5.41) is 4.45. The lowest BCUT2D eigenvalue weighted by Crippen LogP contribution is -2.48. The van der Waals surface area contributed by atoms with Crippen LogP contribution in [0.2, 0.25) is 0 Å². The van der Waals surface area contributed by atoms with Crippen molar-refractivity contribution in [2.45, 2.75) is 45.2 Å². The first-order valence-corrected chi connectivity index (χ1v) is 12.6. The average Bonchev–Trinajstić information content (AvgIpc) is 3.24. The molecule has 1 N–H and O–H groups in total. The summed E-state index contributed by atoms with van der Waals surface area (Å²) in [6.45, 7) is 7.05. The molecule has 0 radical (unpaired) electrons. The average molecular weight is 449 g/mol. The molecular formula is C26H32N4OS. The third-order valence-electron chi connectivity index (χ3n) is 6.85. The number of piperidine rings is 2. The first kappa shape index (κ1) is 21.4. The van der Waals surface area contributed by atoms with Crippen LogP contribution in [0, 0.1) is 12.8 Å². The fourth-order valence-corrected chi connectivity index (χ4v) is 6.00. The Morgan fingerprint density at radius 3 is 2.53 bits per heavy atom. The Morgan fingerprint density at radius 2 is 1.78 bits per heavy atom. The van der Waals surface area contributed by atoms with Crippen LogP contribution in [0.3, 0.4) is 0 Å². The van der Waals surface area contributed by atoms with Gasteiger partial charge in [-0.05, 0) is 55.9 Å². The molecular weight excluding hydrogens is 416 g/mol. The van der Waals surface area contributed by atoms with E-state index in [2.05, 4.69) is 70.6 Å². The Morgan fingerprint density at radius 1 is 1.03 bits per heavy atom. The van der Waals surface area contributed by atoms with Gasteiger partial charge in [0.05, 0.1) is 10.2 Å². The van der Waals surface area contributed by atoms with E-state index in [0.717, 1.165) is 69.1 Å². The first-order valence-electron chi connectivity index (χ1n) is 11.8. The van der Waals surface area contributed by atoms with Gasteiger partial charge in [0.25, 0.3) is 0 Å². The number of aryl methyl sites for hydroxylation is 1. The van der Waals surface area contributed by atoms with Crippen molar-refractivity contribution in [3.63, 3.8) is 0 Å². The maximum atomic E-state index is 12.9. The monoisotopic (exact) mass is 448 g/mol. The molecule has 0 aliphatic carbocycles. The van der Waals surface area contributed by atoms with Gasteiger partial charge in [0.15, 0.2) is 5.13 Å². The number of carbonyl (C=O) groups is 1. The van der Waals surface area contributed by atoms with Crippen LogP contribution in [-0.2, 0) is 11.3 Å². The molecule has 0 bridgehead atoms. The van der Waals surface area contributed by atoms with Crippen molar-refractivity contribution in [1.82, 2.24) is 15.2 Å². The molecule has 0 saturated carbocycles. The van der Waals surface area contributed by atoms with E-state index in [4.69, 9.17) is 4.98 Å². The van der Waals surface area contributed by atoms with E-state index in [-0.39, 0.29) is 11.8 Å². The van der Waals surface area contributed by atoms with Crippen LogP contribution in [0.5, 0.6) is 0 Å². The van der Waals surface area contributed by atoms with E-state index < -0.39 is 0 Å². The van der Waals surface area contributed by atoms with Gasteiger partial charge < -0.3 is 10.2 Å². The van der Waals surface area contributed by atoms with Crippen molar-refractivity contribution >= 4 is 32.6 Å². The standard InChI is InChI=1S/C26H32N4OS/c1-19-7-8-23-24(17-19)32-26(28-23)30-15-9-21(10-16-30)25(31)27-22-11-13-29(14-12-22)18-20-5-3-2-4-6-20/h2-8,17,21-22H,9-16,18H2,1H3,(H,27,31). The molecule has 0 spiro atoms. The molecule has 0 atom stereocenters. The highest BCUT2D eigenvalue weighted by Crippen LogP contribution is 2.32. The Labute approximate surface area is 194 Å². The van der Waals surface area contributed by atoms with Gasteiger partial charge in [-0.1, -0.05) is 47.7 Å². The van der Waals surface area contributed by atoms with Crippen LogP contribution < -0.4 is 10.2 Å². The number of likely N-dealkylation sites (tertiary alicyclic amines) is 1. The summed E-state index contributed by atoms with van der Waals surface area (Å²) >= 11 is 1.77. The minimum absolute atomic E-state index is 0.130. The number of amides is 1. The van der Waals surface area contributed by atoms with Crippen LogP contribution in [-0.4, -0.2) is 48.0 Å². The van der Waals surface area contributed by atoms with Crippen molar-refractivity contribution in [2.75, 3.05) is 31.1 Å². The van der Waals surface area contributed by atoms with E-state index in [1.807, 2.05) is 0 Å². The Bertz CT molecular complexity index is 1050. The van der Waals surface area contributed by atoms with Crippen LogP contribution in [0.25, 0.3) is 10.2 Å². The summed E-state index contributed by atoms with van der Waals surface area (Å²) < 4.78 is 1.25. The van der Waals surface area contributed by atoms with Crippen LogP contribution in [0.4, 0.5) is 5.13 Å². The van der Waals surface area contributed by atoms with E-state index in [1.54, 1.807) is 11.3 Å². The lowest BCUT2D eigenvalue weighted by Gasteiger charge is -2.35. The first-order chi connectivity index (χ1) is 15.6. The lowest BCUT2D eigenvalue weighted by molar-refractivity contribution is -0.126. The molecule has 1 amide bonds. The number of hydrogen-bond donors (Lipinski definition) is 1. The molecule has 3 heterocycles. The van der Waals surface area contributed by atoms with E-state index in [1.165, 1.54) is 15.8 Å². The summed E-state index contributed by atoms with van der Waals surface area (Å²) in [4.78, 5) is 22.6. The number of benzene rings is 2. The maximum absolute atomic E-state index is 12.9. The SMILES string of the molecule is Cc1ccc2nc(N3CCC(C(=O)NC4CCN(Cc5ccccc5)CC4)CC3)sc2c1. The summed E-state index contributed by atoms with van der Waals surface area (Å²) in [6, 6.07) is 17.4. The normalized spacial score (nSPS) is 18.8. The van der Waals surface area contributed by atoms with Gasteiger partial charge >= 0.3 is 0 Å². The summed E-state index contributed by atoms with van der Waals surface area (Å²) in [5.74, 6) is 0.385. The molecule has 2 fully saturated rings. The third-order valence-corrected chi connectivity index (χ3v) is 7.93. The zero-order valence-corrected chi connectivity index (χ0v) is 19.6. The molecule has 1 aromatic heterocycles. The molecule has 0 unspecified atom stereocenters. The number of fused-ring (bicyclic) bond motifs is 1. The molecule has 2 aliphatic rings. The van der Waals surface area contributed by atoms with Gasteiger partial charge in [-0.2, -0.15) is 0 Å². The number of hydrogen-bond acceptors (Lipinski definition) is 5. The molecule has 168 valence electrons. The highest BCUT2D eigenvalue weighted by atomic mass is 32.1. The number of nitrogens with zero attached hydrogens (tertiary/aromatic N) is 3. The second kappa shape index (κ2) is 9.59. The third kappa shape index (κ3) is 4.97. The minimum Gasteiger partial charge on any atom is -0.353 e. The Hall–Kier alpha value is -2.44. The topological polar surface area (TPSA) is 48.5 Å². The molecule has 2 aromatic carbocycles. The Balaban J connectivity index is 1.08. The van der Waals surface area contributed by atoms with Gasteiger partial charge in [0.1, 0.15) is 0 Å². The molecule has 32 heavy (non-hydrogen) atoms. The van der Waals surface area contributed by atoms with E-state index >= 15 is 0 Å². The second-order valence-electron chi connectivity index (χ2n) is 9.27. The summed E-state index contributed by atoms with van der Waals surface area (Å²) in [7, 11) is 0. The largest absolute Gasteiger partial charge is 0.353 e. The van der Waals surface area contributed by atoms with Crippen molar-refractivity contribution in [2.24, 2.45) is 5.92 Å². The summed E-state index contributed by atoms with van der Waals surface area (Å²) in [5.41, 5.74) is 3.72. The van der Waals surface area contributed by atoms with Crippen molar-refractivity contribution in [3.8, 4) is 0 Å². The second-order valence-corrected chi connectivity index (χ2v) is 10.3. The zero-order valence-electron chi connectivity index (χ0n) is 18.8. The Kier molecular flexibility index (Phi) is 6.42. The number of rotatable bonds is 5. The van der Waals surface area contributed by atoms with Crippen molar-refractivity contribution in [1.29, 1.82) is 0 Å². The van der Waals surface area contributed by atoms with Gasteiger partial charge in [-0.25, -0.2) is 4.98 Å². The molecule has 2 saturated heterocycles. The fraction of sp³-hybridized carbons (Fsp3) is 0.462. The van der Waals surface area contributed by atoms with Gasteiger partial charge in [0, 0.05) is 44.7 Å². The van der Waals surface area contributed by atoms with Gasteiger partial charge in [0.2, 0.25) is 5.91 Å². The van der Waals surface area contributed by atoms with Gasteiger partial charge in [-0.3, -0.25) is 9.69 Å². The highest BCUT2D eigenvalue weighted by molar-refractivity contribution is 7.22. The number of nitrogens with one attached hydrogen (secondary N) is 1. The molecule has 5 rings (SSSR count). The molecule has 5 nitrogen and oxygen atoms in total. The zero-order chi connectivity index (χ0) is 21.9. The van der Waals surface area contributed by atoms with Crippen LogP contribution >= 0.6 is 11.3 Å². The number of aromatic nitrogens is 1. The van der Waals surface area contributed by atoms with Crippen molar-refractivity contribution in [3.05, 3.63) is 59.7 Å². The van der Waals surface area contributed by atoms with Crippen LogP contribution in [0.1, 0.15) is 36.8 Å². The predicted molar refractivity (Wildman–Crippen MR) is 132 cm³/mol. The predicted octanol–water partition coefficient (Wildman–Crippen LogP) is 4.60. The molecule has 6 heteroatoms. The minimum atomic E-state index is 0.130. The van der Waals surface area contributed by atoms with E-state index in [0.29, 0.717) is 6.04 Å². The maximum Gasteiger partial charge on any atom is 0.223 e. The number of anilines is 1. The fourth-order valence-electron chi connectivity index (χ4n) is 4.88. The molecule has 3 aromatic rings. The van der Waals surface area contributed by atoms with Crippen molar-refractivity contribution < 1.29 is 4.79 Å². The number of carbonyl (C=O) groups excluding carboxylic acids is 1. The van der Waals surface area contributed by atoms with E-state index in [9.17, 15) is 4.79 Å². The van der Waals surface area contributed by atoms with Crippen LogP contribution in [0.15, 0.2) is 48.5 Å². The molecule has 2 aliphatic heterocycles. The number of thiazole rings is 1. The summed E-state index contributed by atoms with van der Waals surface area (Å²) in [6.07, 6.45) is 3.91. The lowest BCUT2D eigenvalue weighted by atomic mass is 9.95.